The number of nitrogens with zero attached hydrogens (tertiary/aromatic N) is 1. The fourth-order valence-electron chi connectivity index (χ4n) is 3.09. The molecule has 1 aliphatic heterocycles. The van der Waals surface area contributed by atoms with E-state index in [1.807, 2.05) is 49.4 Å². The number of carbonyl (C=O) groups is 1. The van der Waals surface area contributed by atoms with Crippen LogP contribution in [-0.4, -0.2) is 32.1 Å². The Balaban J connectivity index is 1.40. The molecule has 2 N–H and O–H groups in total. The van der Waals surface area contributed by atoms with Gasteiger partial charge in [0, 0.05) is 17.3 Å². The van der Waals surface area contributed by atoms with E-state index in [0.29, 0.717) is 18.1 Å². The minimum atomic E-state index is -0.267. The molecule has 7 heteroatoms. The van der Waals surface area contributed by atoms with Gasteiger partial charge in [0.25, 0.3) is 5.91 Å². The molecule has 1 amide bonds. The Kier molecular flexibility index (Phi) is 5.47. The first kappa shape index (κ1) is 18.6. The molecular weight excluding hydrogens is 370 g/mol. The smallest absolute Gasteiger partial charge is 0.259 e. The van der Waals surface area contributed by atoms with Crippen LogP contribution in [-0.2, 0) is 4.79 Å². The number of fused-ring (bicyclic) bond motifs is 2. The number of ether oxygens (including phenoxy) is 3. The molecule has 0 bridgehead atoms. The van der Waals surface area contributed by atoms with Crippen molar-refractivity contribution in [1.82, 2.24) is 5.43 Å². The SMILES string of the molecule is CCOc1ccc2ccccc2c1/C=N/NC(=O)CNc1ccc2c(c1)OCO2. The van der Waals surface area contributed by atoms with Crippen LogP contribution in [0.4, 0.5) is 5.69 Å². The minimum Gasteiger partial charge on any atom is -0.493 e. The normalized spacial score (nSPS) is 12.3. The van der Waals surface area contributed by atoms with E-state index >= 15 is 0 Å². The highest BCUT2D eigenvalue weighted by atomic mass is 16.7. The van der Waals surface area contributed by atoms with Crippen molar-refractivity contribution in [2.24, 2.45) is 5.10 Å². The van der Waals surface area contributed by atoms with Crippen molar-refractivity contribution in [3.8, 4) is 17.2 Å². The van der Waals surface area contributed by atoms with E-state index in [1.165, 1.54) is 0 Å². The number of nitrogens with one attached hydrogen (secondary N) is 2. The van der Waals surface area contributed by atoms with E-state index in [4.69, 9.17) is 14.2 Å². The highest BCUT2D eigenvalue weighted by Crippen LogP contribution is 2.34. The summed E-state index contributed by atoms with van der Waals surface area (Å²) in [7, 11) is 0. The molecular formula is C22H21N3O4. The number of hydrogen-bond donors (Lipinski definition) is 2. The molecule has 0 radical (unpaired) electrons. The van der Waals surface area contributed by atoms with Crippen LogP contribution in [0.2, 0.25) is 0 Å². The van der Waals surface area contributed by atoms with Gasteiger partial charge in [0.1, 0.15) is 5.75 Å². The van der Waals surface area contributed by atoms with Crippen molar-refractivity contribution >= 4 is 28.6 Å². The third kappa shape index (κ3) is 4.24. The van der Waals surface area contributed by atoms with Gasteiger partial charge in [-0.1, -0.05) is 30.3 Å². The fourth-order valence-corrected chi connectivity index (χ4v) is 3.09. The molecule has 3 aromatic rings. The first-order chi connectivity index (χ1) is 14.2. The molecule has 3 aromatic carbocycles. The maximum atomic E-state index is 12.1. The zero-order valence-corrected chi connectivity index (χ0v) is 16.0. The average molecular weight is 391 g/mol. The van der Waals surface area contributed by atoms with E-state index in [2.05, 4.69) is 15.8 Å². The average Bonchev–Trinajstić information content (AvgIpc) is 3.21. The lowest BCUT2D eigenvalue weighted by Crippen LogP contribution is -2.25. The second-order valence-electron chi connectivity index (χ2n) is 6.35. The van der Waals surface area contributed by atoms with Crippen molar-refractivity contribution in [2.45, 2.75) is 6.92 Å². The van der Waals surface area contributed by atoms with Crippen molar-refractivity contribution in [3.63, 3.8) is 0 Å². The topological polar surface area (TPSA) is 81.2 Å². The molecule has 1 heterocycles. The van der Waals surface area contributed by atoms with Crippen LogP contribution in [0.5, 0.6) is 17.2 Å². The van der Waals surface area contributed by atoms with Gasteiger partial charge in [-0.05, 0) is 35.9 Å². The summed E-state index contributed by atoms with van der Waals surface area (Å²) in [6.45, 7) is 2.77. The highest BCUT2D eigenvalue weighted by molar-refractivity contribution is 6.02. The third-order valence-corrected chi connectivity index (χ3v) is 4.44. The van der Waals surface area contributed by atoms with Gasteiger partial charge in [0.05, 0.1) is 19.4 Å². The number of rotatable bonds is 7. The lowest BCUT2D eigenvalue weighted by Gasteiger charge is -2.10. The zero-order chi connectivity index (χ0) is 20.1. The highest BCUT2D eigenvalue weighted by Gasteiger charge is 2.13. The van der Waals surface area contributed by atoms with Crippen LogP contribution in [0.25, 0.3) is 10.8 Å². The van der Waals surface area contributed by atoms with Crippen LogP contribution in [0.15, 0.2) is 59.7 Å². The van der Waals surface area contributed by atoms with E-state index < -0.39 is 0 Å². The molecule has 0 atom stereocenters. The maximum Gasteiger partial charge on any atom is 0.259 e. The molecule has 1 aliphatic rings. The molecule has 0 spiro atoms. The number of amides is 1. The van der Waals surface area contributed by atoms with Gasteiger partial charge in [-0.15, -0.1) is 0 Å². The predicted octanol–water partition coefficient (Wildman–Crippen LogP) is 3.53. The van der Waals surface area contributed by atoms with Crippen molar-refractivity contribution < 1.29 is 19.0 Å². The summed E-state index contributed by atoms with van der Waals surface area (Å²) in [5.74, 6) is 1.82. The van der Waals surface area contributed by atoms with Crippen LogP contribution in [0, 0.1) is 0 Å². The van der Waals surface area contributed by atoms with Crippen LogP contribution in [0.3, 0.4) is 0 Å². The summed E-state index contributed by atoms with van der Waals surface area (Å²) < 4.78 is 16.3. The Morgan fingerprint density at radius 1 is 1.14 bits per heavy atom. The quantitative estimate of drug-likeness (QED) is 0.476. The number of hydrazone groups is 1. The summed E-state index contributed by atoms with van der Waals surface area (Å²) in [4.78, 5) is 12.1. The fraction of sp³-hybridized carbons (Fsp3) is 0.182. The second-order valence-corrected chi connectivity index (χ2v) is 6.35. The molecule has 0 aromatic heterocycles. The summed E-state index contributed by atoms with van der Waals surface area (Å²) >= 11 is 0. The summed E-state index contributed by atoms with van der Waals surface area (Å²) in [6, 6.07) is 17.3. The number of anilines is 1. The Morgan fingerprint density at radius 2 is 2.00 bits per heavy atom. The van der Waals surface area contributed by atoms with Gasteiger partial charge >= 0.3 is 0 Å². The van der Waals surface area contributed by atoms with E-state index in [9.17, 15) is 4.79 Å². The molecule has 0 saturated heterocycles. The van der Waals surface area contributed by atoms with Gasteiger partial charge in [-0.2, -0.15) is 5.10 Å². The van der Waals surface area contributed by atoms with Crippen molar-refractivity contribution in [2.75, 3.05) is 25.3 Å². The molecule has 29 heavy (non-hydrogen) atoms. The summed E-state index contributed by atoms with van der Waals surface area (Å²) in [6.07, 6.45) is 1.62. The minimum absolute atomic E-state index is 0.0742. The van der Waals surface area contributed by atoms with E-state index in [0.717, 1.165) is 27.8 Å². The molecule has 0 aliphatic carbocycles. The van der Waals surface area contributed by atoms with Gasteiger partial charge in [0.2, 0.25) is 6.79 Å². The molecule has 148 valence electrons. The second kappa shape index (κ2) is 8.52. The molecule has 0 unspecified atom stereocenters. The van der Waals surface area contributed by atoms with Gasteiger partial charge in [0.15, 0.2) is 11.5 Å². The lowest BCUT2D eigenvalue weighted by atomic mass is 10.0. The third-order valence-electron chi connectivity index (χ3n) is 4.44. The first-order valence-corrected chi connectivity index (χ1v) is 9.34. The Bertz CT molecular complexity index is 1070. The molecule has 0 fully saturated rings. The molecule has 0 saturated carbocycles. The van der Waals surface area contributed by atoms with Gasteiger partial charge in [-0.3, -0.25) is 4.79 Å². The standard InChI is InChI=1S/C22H21N3O4/c1-2-27-19-9-7-15-5-3-4-6-17(15)18(19)12-24-25-22(26)13-23-16-8-10-20-21(11-16)29-14-28-20/h3-12,23H,2,13-14H2,1H3,(H,25,26)/b24-12+. The lowest BCUT2D eigenvalue weighted by molar-refractivity contribution is -0.119. The van der Waals surface area contributed by atoms with Crippen LogP contribution >= 0.6 is 0 Å². The van der Waals surface area contributed by atoms with E-state index in [-0.39, 0.29) is 19.2 Å². The first-order valence-electron chi connectivity index (χ1n) is 9.34. The number of carbonyl (C=O) groups excluding carboxylic acids is 1. The number of hydrogen-bond acceptors (Lipinski definition) is 6. The van der Waals surface area contributed by atoms with Gasteiger partial charge < -0.3 is 19.5 Å². The predicted molar refractivity (Wildman–Crippen MR) is 112 cm³/mol. The monoisotopic (exact) mass is 391 g/mol. The number of benzene rings is 3. The van der Waals surface area contributed by atoms with Crippen molar-refractivity contribution in [3.05, 3.63) is 60.2 Å². The van der Waals surface area contributed by atoms with Gasteiger partial charge in [-0.25, -0.2) is 5.43 Å². The Hall–Kier alpha value is -3.74. The van der Waals surface area contributed by atoms with Crippen LogP contribution in [0.1, 0.15) is 12.5 Å². The molecule has 7 nitrogen and oxygen atoms in total. The maximum absolute atomic E-state index is 12.1. The largest absolute Gasteiger partial charge is 0.493 e. The van der Waals surface area contributed by atoms with E-state index in [1.54, 1.807) is 18.3 Å². The van der Waals surface area contributed by atoms with Crippen molar-refractivity contribution in [1.29, 1.82) is 0 Å². The Labute approximate surface area is 168 Å². The summed E-state index contributed by atoms with van der Waals surface area (Å²) in [5, 5.41) is 9.24. The zero-order valence-electron chi connectivity index (χ0n) is 16.0. The summed E-state index contributed by atoms with van der Waals surface area (Å²) in [5.41, 5.74) is 4.14. The molecule has 4 rings (SSSR count). The van der Waals surface area contributed by atoms with Crippen LogP contribution < -0.4 is 25.0 Å². The Morgan fingerprint density at radius 3 is 2.90 bits per heavy atom.